The highest BCUT2D eigenvalue weighted by Crippen LogP contribution is 2.33. The largest absolute Gasteiger partial charge is 0.341 e. The predicted octanol–water partition coefficient (Wildman–Crippen LogP) is 6.04. The van der Waals surface area contributed by atoms with E-state index in [1.807, 2.05) is 48.7 Å². The van der Waals surface area contributed by atoms with Gasteiger partial charge in [0.1, 0.15) is 5.82 Å². The molecule has 0 bridgehead atoms. The Labute approximate surface area is 161 Å². The third-order valence-electron chi connectivity index (χ3n) is 4.05. The van der Waals surface area contributed by atoms with Gasteiger partial charge in [-0.25, -0.2) is 4.98 Å². The van der Waals surface area contributed by atoms with E-state index in [9.17, 15) is 0 Å². The van der Waals surface area contributed by atoms with E-state index in [1.165, 1.54) is 0 Å². The van der Waals surface area contributed by atoms with E-state index in [-0.39, 0.29) is 0 Å². The lowest BCUT2D eigenvalue weighted by atomic mass is 10.1. The molecule has 0 amide bonds. The first-order chi connectivity index (χ1) is 12.7. The molecule has 0 aliphatic carbocycles. The summed E-state index contributed by atoms with van der Waals surface area (Å²) >= 11 is 12.4. The summed E-state index contributed by atoms with van der Waals surface area (Å²) in [5.74, 6) is 0.864. The summed E-state index contributed by atoms with van der Waals surface area (Å²) in [4.78, 5) is 12.5. The number of benzene rings is 2. The Hall–Kier alpha value is -2.62. The molecule has 0 fully saturated rings. The van der Waals surface area contributed by atoms with Crippen molar-refractivity contribution >= 4 is 23.2 Å². The minimum absolute atomic E-state index is 0.586. The zero-order chi connectivity index (χ0) is 17.9. The van der Waals surface area contributed by atoms with Crippen LogP contribution in [0.1, 0.15) is 11.4 Å². The van der Waals surface area contributed by atoms with Crippen molar-refractivity contribution in [2.75, 3.05) is 0 Å². The van der Waals surface area contributed by atoms with Gasteiger partial charge in [-0.15, -0.1) is 0 Å². The van der Waals surface area contributed by atoms with Crippen LogP contribution in [-0.4, -0.2) is 15.0 Å². The molecule has 0 aliphatic heterocycles. The van der Waals surface area contributed by atoms with Crippen molar-refractivity contribution in [1.29, 1.82) is 0 Å². The average Bonchev–Trinajstić information content (AvgIpc) is 3.06. The molecule has 0 unspecified atom stereocenters. The molecule has 3 nitrogen and oxygen atoms in total. The molecule has 26 heavy (non-hydrogen) atoms. The third-order valence-corrected chi connectivity index (χ3v) is 4.48. The van der Waals surface area contributed by atoms with Crippen molar-refractivity contribution < 1.29 is 0 Å². The average molecular weight is 380 g/mol. The first-order valence-corrected chi connectivity index (χ1v) is 8.94. The third kappa shape index (κ3) is 3.64. The number of nitrogens with zero attached hydrogens (tertiary/aromatic N) is 2. The van der Waals surface area contributed by atoms with E-state index in [2.05, 4.69) is 22.1 Å². The van der Waals surface area contributed by atoms with E-state index < -0.39 is 0 Å². The Morgan fingerprint density at radius 3 is 2.31 bits per heavy atom. The van der Waals surface area contributed by atoms with Crippen molar-refractivity contribution in [2.45, 2.75) is 6.42 Å². The monoisotopic (exact) mass is 379 g/mol. The second kappa shape index (κ2) is 7.32. The van der Waals surface area contributed by atoms with Crippen LogP contribution in [0.2, 0.25) is 10.0 Å². The van der Waals surface area contributed by atoms with Crippen LogP contribution >= 0.6 is 23.2 Å². The van der Waals surface area contributed by atoms with Crippen molar-refractivity contribution in [1.82, 2.24) is 15.0 Å². The molecule has 4 aromatic rings. The van der Waals surface area contributed by atoms with Gasteiger partial charge in [0.2, 0.25) is 0 Å². The van der Waals surface area contributed by atoms with Crippen molar-refractivity contribution in [2.24, 2.45) is 0 Å². The SMILES string of the molecule is Clc1cc(Cl)cc(-c2nc(Cc3cccnc3)[nH]c2-c2ccccc2)c1. The maximum Gasteiger partial charge on any atom is 0.111 e. The molecule has 0 radical (unpaired) electrons. The minimum atomic E-state index is 0.586. The molecule has 0 saturated heterocycles. The molecule has 0 spiro atoms. The van der Waals surface area contributed by atoms with Crippen LogP contribution in [0.5, 0.6) is 0 Å². The van der Waals surface area contributed by atoms with Gasteiger partial charge in [0.15, 0.2) is 0 Å². The lowest BCUT2D eigenvalue weighted by molar-refractivity contribution is 1.02. The van der Waals surface area contributed by atoms with Gasteiger partial charge < -0.3 is 4.98 Å². The van der Waals surface area contributed by atoms with Crippen molar-refractivity contribution in [3.05, 3.63) is 94.5 Å². The van der Waals surface area contributed by atoms with Crippen LogP contribution in [-0.2, 0) is 6.42 Å². The number of H-pyrrole nitrogens is 1. The van der Waals surface area contributed by atoms with Gasteiger partial charge >= 0.3 is 0 Å². The van der Waals surface area contributed by atoms with E-state index in [0.29, 0.717) is 16.5 Å². The summed E-state index contributed by atoms with van der Waals surface area (Å²) in [6, 6.07) is 19.5. The van der Waals surface area contributed by atoms with E-state index >= 15 is 0 Å². The molecule has 128 valence electrons. The first-order valence-electron chi connectivity index (χ1n) is 8.19. The van der Waals surface area contributed by atoms with Crippen LogP contribution in [0.3, 0.4) is 0 Å². The molecule has 5 heteroatoms. The van der Waals surface area contributed by atoms with Gasteiger partial charge in [-0.1, -0.05) is 59.6 Å². The summed E-state index contributed by atoms with van der Waals surface area (Å²) in [6.07, 6.45) is 4.28. The quantitative estimate of drug-likeness (QED) is 0.469. The lowest BCUT2D eigenvalue weighted by Gasteiger charge is -2.04. The van der Waals surface area contributed by atoms with E-state index in [4.69, 9.17) is 28.2 Å². The molecule has 0 atom stereocenters. The second-order valence-corrected chi connectivity index (χ2v) is 6.84. The minimum Gasteiger partial charge on any atom is -0.341 e. The summed E-state index contributed by atoms with van der Waals surface area (Å²) in [5.41, 5.74) is 4.82. The van der Waals surface area contributed by atoms with Crippen molar-refractivity contribution in [3.8, 4) is 22.5 Å². The van der Waals surface area contributed by atoms with Gasteiger partial charge in [-0.2, -0.15) is 0 Å². The molecule has 0 aliphatic rings. The number of rotatable bonds is 4. The predicted molar refractivity (Wildman–Crippen MR) is 107 cm³/mol. The zero-order valence-electron chi connectivity index (χ0n) is 13.8. The summed E-state index contributed by atoms with van der Waals surface area (Å²) in [6.45, 7) is 0. The number of hydrogen-bond acceptors (Lipinski definition) is 2. The number of aromatic amines is 1. The topological polar surface area (TPSA) is 41.6 Å². The normalized spacial score (nSPS) is 10.8. The lowest BCUT2D eigenvalue weighted by Crippen LogP contribution is -1.91. The summed E-state index contributed by atoms with van der Waals surface area (Å²) in [7, 11) is 0. The number of halogens is 2. The maximum absolute atomic E-state index is 6.20. The van der Waals surface area contributed by atoms with Gasteiger partial charge in [0, 0.05) is 40.0 Å². The zero-order valence-corrected chi connectivity index (χ0v) is 15.3. The Morgan fingerprint density at radius 1 is 0.846 bits per heavy atom. The summed E-state index contributed by atoms with van der Waals surface area (Å²) < 4.78 is 0. The highest BCUT2D eigenvalue weighted by Gasteiger charge is 2.15. The van der Waals surface area contributed by atoms with Crippen LogP contribution in [0, 0.1) is 0 Å². The van der Waals surface area contributed by atoms with Crippen LogP contribution in [0.4, 0.5) is 0 Å². The Bertz CT molecular complexity index is 1010. The number of imidazole rings is 1. The maximum atomic E-state index is 6.20. The highest BCUT2D eigenvalue weighted by atomic mass is 35.5. The van der Waals surface area contributed by atoms with Gasteiger partial charge in [0.25, 0.3) is 0 Å². The Kier molecular flexibility index (Phi) is 4.74. The van der Waals surface area contributed by atoms with Gasteiger partial charge in [0.05, 0.1) is 11.4 Å². The number of hydrogen-bond donors (Lipinski definition) is 1. The Balaban J connectivity index is 1.83. The van der Waals surface area contributed by atoms with Crippen molar-refractivity contribution in [3.63, 3.8) is 0 Å². The van der Waals surface area contributed by atoms with E-state index in [0.717, 1.165) is 33.9 Å². The fourth-order valence-electron chi connectivity index (χ4n) is 2.92. The fraction of sp³-hybridized carbons (Fsp3) is 0.0476. The molecule has 4 rings (SSSR count). The van der Waals surface area contributed by atoms with Crippen LogP contribution in [0.25, 0.3) is 22.5 Å². The molecule has 2 aromatic carbocycles. The molecule has 2 heterocycles. The van der Waals surface area contributed by atoms with E-state index in [1.54, 1.807) is 12.3 Å². The molecular weight excluding hydrogens is 365 g/mol. The first kappa shape index (κ1) is 16.8. The number of aromatic nitrogens is 3. The van der Waals surface area contributed by atoms with Crippen LogP contribution in [0.15, 0.2) is 73.1 Å². The second-order valence-electron chi connectivity index (χ2n) is 5.97. The standard InChI is InChI=1S/C21H15Cl2N3/c22-17-10-16(11-18(23)12-17)21-20(15-6-2-1-3-7-15)25-19(26-21)9-14-5-4-8-24-13-14/h1-8,10-13H,9H2,(H,25,26). The molecule has 0 saturated carbocycles. The Morgan fingerprint density at radius 2 is 1.62 bits per heavy atom. The van der Waals surface area contributed by atoms with Gasteiger partial charge in [-0.05, 0) is 29.8 Å². The highest BCUT2D eigenvalue weighted by molar-refractivity contribution is 6.35. The molecule has 1 N–H and O–H groups in total. The number of pyridine rings is 1. The van der Waals surface area contributed by atoms with Crippen LogP contribution < -0.4 is 0 Å². The summed E-state index contributed by atoms with van der Waals surface area (Å²) in [5, 5.41) is 1.17. The smallest absolute Gasteiger partial charge is 0.111 e. The molecule has 2 aromatic heterocycles. The molecular formula is C21H15Cl2N3. The fourth-order valence-corrected chi connectivity index (χ4v) is 3.44. The number of nitrogens with one attached hydrogen (secondary N) is 1. The van der Waals surface area contributed by atoms with Gasteiger partial charge in [-0.3, -0.25) is 4.98 Å².